The summed E-state index contributed by atoms with van der Waals surface area (Å²) >= 11 is 0. The number of carbonyl (C=O) groups excluding carboxylic acids is 2. The molecule has 1 atom stereocenters. The van der Waals surface area contributed by atoms with Crippen molar-refractivity contribution in [3.8, 4) is 16.9 Å². The van der Waals surface area contributed by atoms with Gasteiger partial charge in [-0.05, 0) is 106 Å². The van der Waals surface area contributed by atoms with Gasteiger partial charge in [0.2, 0.25) is 5.91 Å². The average molecular weight is 600 g/mol. The van der Waals surface area contributed by atoms with Gasteiger partial charge in [0.25, 0.3) is 0 Å². The number of hydrogen-bond acceptors (Lipinski definition) is 6. The van der Waals surface area contributed by atoms with E-state index >= 15 is 0 Å². The van der Waals surface area contributed by atoms with E-state index in [-0.39, 0.29) is 23.9 Å². The highest BCUT2D eigenvalue weighted by molar-refractivity contribution is 5.79. The van der Waals surface area contributed by atoms with Gasteiger partial charge in [-0.3, -0.25) is 14.5 Å². The zero-order valence-corrected chi connectivity index (χ0v) is 26.1. The Morgan fingerprint density at radius 1 is 0.932 bits per heavy atom. The van der Waals surface area contributed by atoms with Gasteiger partial charge in [-0.2, -0.15) is 5.10 Å². The van der Waals surface area contributed by atoms with Crippen molar-refractivity contribution >= 4 is 12.0 Å². The van der Waals surface area contributed by atoms with Crippen LogP contribution >= 0.6 is 0 Å². The fourth-order valence-corrected chi connectivity index (χ4v) is 7.17. The van der Waals surface area contributed by atoms with E-state index < -0.39 is 6.09 Å². The molecule has 0 bridgehead atoms. The molecule has 9 nitrogen and oxygen atoms in total. The standard InChI is InChI=1S/C35H45N5O4/c1-22-32(43-2)18-17-31(37-22)23-7-9-24(10-8-23)33(39-34(41)25-11-13-29(14-12-25)38-35(42)44-3)27-6-4-5-26(19-27)28-20-36-40(21-28)30-15-16-30/h4-6,17-21,23-25,29-30,33H,7-16H2,1-3H3,(H,38,42)(H,39,41). The number of benzene rings is 1. The van der Waals surface area contributed by atoms with Crippen LogP contribution < -0.4 is 15.4 Å². The highest BCUT2D eigenvalue weighted by atomic mass is 16.5. The third-order valence-electron chi connectivity index (χ3n) is 9.94. The third-order valence-corrected chi connectivity index (χ3v) is 9.94. The summed E-state index contributed by atoms with van der Waals surface area (Å²) in [6.07, 6.45) is 13.3. The van der Waals surface area contributed by atoms with Crippen molar-refractivity contribution in [2.75, 3.05) is 14.2 Å². The van der Waals surface area contributed by atoms with Gasteiger partial charge in [0.15, 0.2) is 0 Å². The lowest BCUT2D eigenvalue weighted by atomic mass is 9.75. The number of aryl methyl sites for hydroxylation is 1. The fraction of sp³-hybridized carbons (Fsp3) is 0.543. The molecule has 0 radical (unpaired) electrons. The molecule has 2 amide bonds. The SMILES string of the molecule is COC(=O)NC1CCC(C(=O)NC(c2cccc(-c3cnn(C4CC4)c3)c2)C2CCC(c3ccc(OC)c(C)n3)CC2)CC1. The second-order valence-corrected chi connectivity index (χ2v) is 12.9. The first-order valence-corrected chi connectivity index (χ1v) is 16.2. The predicted octanol–water partition coefficient (Wildman–Crippen LogP) is 6.64. The molecule has 3 saturated carbocycles. The predicted molar refractivity (Wildman–Crippen MR) is 168 cm³/mol. The Morgan fingerprint density at radius 2 is 1.70 bits per heavy atom. The quantitative estimate of drug-likeness (QED) is 0.285. The highest BCUT2D eigenvalue weighted by Crippen LogP contribution is 2.42. The van der Waals surface area contributed by atoms with Gasteiger partial charge in [0.05, 0.1) is 38.2 Å². The molecule has 2 N–H and O–H groups in total. The molecule has 1 unspecified atom stereocenters. The second kappa shape index (κ2) is 13.4. The molecule has 9 heteroatoms. The van der Waals surface area contributed by atoms with Crippen LogP contribution in [0, 0.1) is 18.8 Å². The molecule has 44 heavy (non-hydrogen) atoms. The second-order valence-electron chi connectivity index (χ2n) is 12.9. The minimum atomic E-state index is -0.406. The zero-order valence-electron chi connectivity index (χ0n) is 26.1. The number of nitrogens with zero attached hydrogens (tertiary/aromatic N) is 3. The van der Waals surface area contributed by atoms with Crippen LogP contribution in [0.5, 0.6) is 5.75 Å². The summed E-state index contributed by atoms with van der Waals surface area (Å²) in [6.45, 7) is 2.00. The largest absolute Gasteiger partial charge is 0.495 e. The number of alkyl carbamates (subject to hydrolysis) is 1. The van der Waals surface area contributed by atoms with Crippen molar-refractivity contribution in [2.45, 2.75) is 95.2 Å². The molecular weight excluding hydrogens is 554 g/mol. The molecule has 6 rings (SSSR count). The Hall–Kier alpha value is -3.88. The van der Waals surface area contributed by atoms with Crippen molar-refractivity contribution in [1.82, 2.24) is 25.4 Å². The summed E-state index contributed by atoms with van der Waals surface area (Å²) in [5.41, 5.74) is 5.46. The van der Waals surface area contributed by atoms with Crippen LogP contribution in [-0.4, -0.2) is 47.0 Å². The number of aromatic nitrogens is 3. The van der Waals surface area contributed by atoms with E-state index in [0.717, 1.165) is 85.2 Å². The van der Waals surface area contributed by atoms with Crippen molar-refractivity contribution in [3.05, 3.63) is 65.7 Å². The number of methoxy groups -OCH3 is 2. The Kier molecular flexibility index (Phi) is 9.19. The topological polar surface area (TPSA) is 107 Å². The maximum absolute atomic E-state index is 13.8. The van der Waals surface area contributed by atoms with E-state index in [9.17, 15) is 9.59 Å². The number of amides is 2. The summed E-state index contributed by atoms with van der Waals surface area (Å²) in [6, 6.07) is 13.3. The molecular formula is C35H45N5O4. The third kappa shape index (κ3) is 6.92. The minimum Gasteiger partial charge on any atom is -0.495 e. The van der Waals surface area contributed by atoms with Crippen molar-refractivity contribution in [2.24, 2.45) is 11.8 Å². The minimum absolute atomic E-state index is 0.0565. The van der Waals surface area contributed by atoms with E-state index in [2.05, 4.69) is 56.9 Å². The summed E-state index contributed by atoms with van der Waals surface area (Å²) in [5.74, 6) is 1.62. The first-order chi connectivity index (χ1) is 21.4. The number of carbonyl (C=O) groups is 2. The summed E-state index contributed by atoms with van der Waals surface area (Å²) < 4.78 is 12.3. The van der Waals surface area contributed by atoms with E-state index in [1.165, 1.54) is 20.0 Å². The van der Waals surface area contributed by atoms with Gasteiger partial charge in [-0.25, -0.2) is 4.79 Å². The number of rotatable bonds is 9. The maximum Gasteiger partial charge on any atom is 0.407 e. The van der Waals surface area contributed by atoms with Crippen LogP contribution in [0.4, 0.5) is 4.79 Å². The fourth-order valence-electron chi connectivity index (χ4n) is 7.17. The Bertz CT molecular complexity index is 1450. The molecule has 3 aliphatic rings. The first-order valence-electron chi connectivity index (χ1n) is 16.2. The van der Waals surface area contributed by atoms with Crippen LogP contribution in [0.2, 0.25) is 0 Å². The van der Waals surface area contributed by atoms with Gasteiger partial charge >= 0.3 is 6.09 Å². The average Bonchev–Trinajstić information content (AvgIpc) is 3.79. The Labute approximate surface area is 260 Å². The first kappa shape index (κ1) is 30.2. The molecule has 234 valence electrons. The highest BCUT2D eigenvalue weighted by Gasteiger charge is 2.34. The molecule has 3 fully saturated rings. The van der Waals surface area contributed by atoms with Gasteiger partial charge in [0.1, 0.15) is 5.75 Å². The number of pyridine rings is 1. The van der Waals surface area contributed by atoms with E-state index in [0.29, 0.717) is 17.9 Å². The number of hydrogen-bond donors (Lipinski definition) is 2. The lowest BCUT2D eigenvalue weighted by molar-refractivity contribution is -0.127. The zero-order chi connectivity index (χ0) is 30.6. The van der Waals surface area contributed by atoms with E-state index in [1.807, 2.05) is 19.2 Å². The molecule has 1 aromatic carbocycles. The monoisotopic (exact) mass is 599 g/mol. The smallest absolute Gasteiger partial charge is 0.407 e. The summed E-state index contributed by atoms with van der Waals surface area (Å²) in [4.78, 5) is 30.3. The lowest BCUT2D eigenvalue weighted by Gasteiger charge is -2.36. The van der Waals surface area contributed by atoms with E-state index in [1.54, 1.807) is 7.11 Å². The Balaban J connectivity index is 1.18. The van der Waals surface area contributed by atoms with Crippen LogP contribution in [0.3, 0.4) is 0 Å². The summed E-state index contributed by atoms with van der Waals surface area (Å²) in [7, 11) is 3.06. The lowest BCUT2D eigenvalue weighted by Crippen LogP contribution is -2.43. The van der Waals surface area contributed by atoms with Crippen molar-refractivity contribution in [3.63, 3.8) is 0 Å². The maximum atomic E-state index is 13.8. The van der Waals surface area contributed by atoms with E-state index in [4.69, 9.17) is 14.5 Å². The van der Waals surface area contributed by atoms with Crippen LogP contribution in [0.25, 0.3) is 11.1 Å². The van der Waals surface area contributed by atoms with Gasteiger partial charge in [-0.1, -0.05) is 18.2 Å². The van der Waals surface area contributed by atoms with Crippen molar-refractivity contribution in [1.29, 1.82) is 0 Å². The molecule has 2 heterocycles. The summed E-state index contributed by atoms with van der Waals surface area (Å²) in [5, 5.41) is 11.0. The molecule has 2 aromatic heterocycles. The van der Waals surface area contributed by atoms with Gasteiger partial charge in [-0.15, -0.1) is 0 Å². The molecule has 0 spiro atoms. The van der Waals surface area contributed by atoms with Crippen LogP contribution in [0.15, 0.2) is 48.8 Å². The number of nitrogens with one attached hydrogen (secondary N) is 2. The molecule has 0 saturated heterocycles. The molecule has 3 aliphatic carbocycles. The molecule has 3 aromatic rings. The van der Waals surface area contributed by atoms with Crippen LogP contribution in [-0.2, 0) is 9.53 Å². The van der Waals surface area contributed by atoms with Crippen molar-refractivity contribution < 1.29 is 19.1 Å². The van der Waals surface area contributed by atoms with Gasteiger partial charge < -0.3 is 20.1 Å². The normalized spacial score (nSPS) is 24.2. The van der Waals surface area contributed by atoms with Crippen LogP contribution in [0.1, 0.15) is 99.2 Å². The Morgan fingerprint density at radius 3 is 2.39 bits per heavy atom. The van der Waals surface area contributed by atoms with Gasteiger partial charge in [0, 0.05) is 35.3 Å². The molecule has 0 aliphatic heterocycles. The number of ether oxygens (including phenoxy) is 2.